The van der Waals surface area contributed by atoms with Gasteiger partial charge in [-0.15, -0.1) is 0 Å². The molecule has 0 aromatic heterocycles. The third-order valence-corrected chi connectivity index (χ3v) is 3.33. The number of hydrogen-bond acceptors (Lipinski definition) is 3. The van der Waals surface area contributed by atoms with Gasteiger partial charge in [-0.1, -0.05) is 24.3 Å². The second-order valence-corrected chi connectivity index (χ2v) is 5.22. The molecule has 126 valence electrons. The van der Waals surface area contributed by atoms with E-state index >= 15 is 0 Å². The fourth-order valence-corrected chi connectivity index (χ4v) is 2.19. The lowest BCUT2D eigenvalue weighted by atomic mass is 10.1. The standard InChI is InChI=1S/C18H22N4O2/c1-13(23)21-15-9-7-14(8-10-15)11-12-20-18(19)22-16-5-3-4-6-17(16)24-2/h3-10H,11-12H2,1-2H3,(H,21,23)(H3,19,20,22). The van der Waals surface area contributed by atoms with E-state index in [0.717, 1.165) is 23.4 Å². The van der Waals surface area contributed by atoms with Gasteiger partial charge in [0.2, 0.25) is 5.91 Å². The van der Waals surface area contributed by atoms with Gasteiger partial charge in [0.15, 0.2) is 5.96 Å². The number of amides is 1. The van der Waals surface area contributed by atoms with Crippen molar-refractivity contribution in [2.24, 2.45) is 10.7 Å². The first-order valence-electron chi connectivity index (χ1n) is 7.65. The van der Waals surface area contributed by atoms with E-state index in [4.69, 9.17) is 10.5 Å². The Morgan fingerprint density at radius 2 is 1.83 bits per heavy atom. The first-order valence-corrected chi connectivity index (χ1v) is 7.65. The molecule has 0 spiro atoms. The number of carbonyl (C=O) groups excluding carboxylic acids is 1. The lowest BCUT2D eigenvalue weighted by Gasteiger charge is -2.10. The van der Waals surface area contributed by atoms with Crippen molar-refractivity contribution in [2.75, 3.05) is 24.3 Å². The Kier molecular flexibility index (Phi) is 6.19. The van der Waals surface area contributed by atoms with Crippen molar-refractivity contribution in [3.05, 3.63) is 54.1 Å². The Bertz CT molecular complexity index is 711. The normalized spacial score (nSPS) is 11.0. The third kappa shape index (κ3) is 5.31. The number of hydrogen-bond donors (Lipinski definition) is 3. The summed E-state index contributed by atoms with van der Waals surface area (Å²) in [7, 11) is 1.61. The molecule has 0 radical (unpaired) electrons. The molecule has 0 aliphatic heterocycles. The fourth-order valence-electron chi connectivity index (χ4n) is 2.19. The van der Waals surface area contributed by atoms with E-state index in [9.17, 15) is 4.79 Å². The monoisotopic (exact) mass is 326 g/mol. The summed E-state index contributed by atoms with van der Waals surface area (Å²) in [6.45, 7) is 2.05. The smallest absolute Gasteiger partial charge is 0.221 e. The molecule has 0 saturated carbocycles. The summed E-state index contributed by atoms with van der Waals surface area (Å²) in [5, 5.41) is 5.77. The highest BCUT2D eigenvalue weighted by Gasteiger charge is 2.02. The van der Waals surface area contributed by atoms with Gasteiger partial charge >= 0.3 is 0 Å². The number of ether oxygens (including phenoxy) is 1. The molecule has 0 aliphatic rings. The van der Waals surface area contributed by atoms with Gasteiger partial charge in [-0.3, -0.25) is 9.79 Å². The van der Waals surface area contributed by atoms with Gasteiger partial charge in [0.05, 0.1) is 12.8 Å². The molecule has 0 bridgehead atoms. The van der Waals surface area contributed by atoms with Crippen LogP contribution in [-0.4, -0.2) is 25.5 Å². The molecule has 0 unspecified atom stereocenters. The van der Waals surface area contributed by atoms with Crippen molar-refractivity contribution in [3.63, 3.8) is 0 Å². The molecule has 2 rings (SSSR count). The molecule has 4 N–H and O–H groups in total. The van der Waals surface area contributed by atoms with Crippen LogP contribution < -0.4 is 21.1 Å². The number of nitrogens with zero attached hydrogens (tertiary/aromatic N) is 1. The van der Waals surface area contributed by atoms with Crippen LogP contribution in [0, 0.1) is 0 Å². The van der Waals surface area contributed by atoms with Gasteiger partial charge in [-0.05, 0) is 36.2 Å². The summed E-state index contributed by atoms with van der Waals surface area (Å²) in [6, 6.07) is 15.2. The molecule has 0 heterocycles. The molecular weight excluding hydrogens is 304 g/mol. The number of para-hydroxylation sites is 2. The van der Waals surface area contributed by atoms with Gasteiger partial charge in [0, 0.05) is 19.2 Å². The van der Waals surface area contributed by atoms with E-state index < -0.39 is 0 Å². The lowest BCUT2D eigenvalue weighted by molar-refractivity contribution is -0.114. The average molecular weight is 326 g/mol. The van der Waals surface area contributed by atoms with E-state index in [1.165, 1.54) is 6.92 Å². The second kappa shape index (κ2) is 8.57. The van der Waals surface area contributed by atoms with Gasteiger partial charge in [0.25, 0.3) is 0 Å². The first-order chi connectivity index (χ1) is 11.6. The van der Waals surface area contributed by atoms with Crippen LogP contribution in [0.5, 0.6) is 5.75 Å². The Balaban J connectivity index is 1.87. The maximum Gasteiger partial charge on any atom is 0.221 e. The van der Waals surface area contributed by atoms with Gasteiger partial charge in [-0.25, -0.2) is 0 Å². The van der Waals surface area contributed by atoms with Crippen molar-refractivity contribution in [1.82, 2.24) is 0 Å². The summed E-state index contributed by atoms with van der Waals surface area (Å²) in [6.07, 6.45) is 0.759. The molecule has 0 atom stereocenters. The number of nitrogens with one attached hydrogen (secondary N) is 2. The Morgan fingerprint density at radius 3 is 2.50 bits per heavy atom. The maximum absolute atomic E-state index is 11.0. The first kappa shape index (κ1) is 17.3. The van der Waals surface area contributed by atoms with Crippen LogP contribution >= 0.6 is 0 Å². The quantitative estimate of drug-likeness (QED) is 0.562. The summed E-state index contributed by atoms with van der Waals surface area (Å²) < 4.78 is 5.26. The zero-order chi connectivity index (χ0) is 17.4. The van der Waals surface area contributed by atoms with Crippen LogP contribution in [0.4, 0.5) is 11.4 Å². The zero-order valence-electron chi connectivity index (χ0n) is 13.9. The molecule has 24 heavy (non-hydrogen) atoms. The molecule has 6 nitrogen and oxygen atoms in total. The molecule has 6 heteroatoms. The van der Waals surface area contributed by atoms with Crippen LogP contribution in [0.1, 0.15) is 12.5 Å². The predicted molar refractivity (Wildman–Crippen MR) is 97.6 cm³/mol. The summed E-state index contributed by atoms with van der Waals surface area (Å²) in [4.78, 5) is 15.3. The highest BCUT2D eigenvalue weighted by molar-refractivity contribution is 5.93. The minimum Gasteiger partial charge on any atom is -0.495 e. The molecule has 0 fully saturated rings. The molecule has 0 saturated heterocycles. The molecular formula is C18H22N4O2. The van der Waals surface area contributed by atoms with E-state index in [1.807, 2.05) is 48.5 Å². The zero-order valence-corrected chi connectivity index (χ0v) is 13.9. The average Bonchev–Trinajstić information content (AvgIpc) is 2.56. The molecule has 0 aliphatic carbocycles. The molecule has 2 aromatic rings. The number of anilines is 2. The lowest BCUT2D eigenvalue weighted by Crippen LogP contribution is -2.23. The van der Waals surface area contributed by atoms with E-state index in [2.05, 4.69) is 15.6 Å². The number of rotatable bonds is 6. The number of aliphatic imine (C=N–C) groups is 1. The topological polar surface area (TPSA) is 88.7 Å². The number of nitrogens with two attached hydrogens (primary N) is 1. The number of benzene rings is 2. The van der Waals surface area contributed by atoms with Crippen LogP contribution in [0.25, 0.3) is 0 Å². The van der Waals surface area contributed by atoms with Crippen molar-refractivity contribution in [1.29, 1.82) is 0 Å². The van der Waals surface area contributed by atoms with E-state index in [0.29, 0.717) is 18.3 Å². The molecule has 2 aromatic carbocycles. The third-order valence-electron chi connectivity index (χ3n) is 3.33. The van der Waals surface area contributed by atoms with Gasteiger partial charge in [-0.2, -0.15) is 0 Å². The highest BCUT2D eigenvalue weighted by atomic mass is 16.5. The number of carbonyl (C=O) groups is 1. The molecule has 1 amide bonds. The highest BCUT2D eigenvalue weighted by Crippen LogP contribution is 2.22. The Hall–Kier alpha value is -3.02. The van der Waals surface area contributed by atoms with Crippen LogP contribution in [0.3, 0.4) is 0 Å². The Labute approximate surface area is 141 Å². The predicted octanol–water partition coefficient (Wildman–Crippen LogP) is 2.62. The summed E-state index contributed by atoms with van der Waals surface area (Å²) in [5.41, 5.74) is 8.59. The van der Waals surface area contributed by atoms with Crippen molar-refractivity contribution in [2.45, 2.75) is 13.3 Å². The van der Waals surface area contributed by atoms with E-state index in [-0.39, 0.29) is 5.91 Å². The number of methoxy groups -OCH3 is 1. The van der Waals surface area contributed by atoms with Crippen molar-refractivity contribution in [3.8, 4) is 5.75 Å². The summed E-state index contributed by atoms with van der Waals surface area (Å²) in [5.74, 6) is 0.973. The van der Waals surface area contributed by atoms with E-state index in [1.54, 1.807) is 7.11 Å². The Morgan fingerprint density at radius 1 is 1.12 bits per heavy atom. The summed E-state index contributed by atoms with van der Waals surface area (Å²) >= 11 is 0. The number of guanidine groups is 1. The minimum atomic E-state index is -0.0810. The maximum atomic E-state index is 11.0. The van der Waals surface area contributed by atoms with Crippen LogP contribution in [-0.2, 0) is 11.2 Å². The van der Waals surface area contributed by atoms with Crippen molar-refractivity contribution >= 4 is 23.2 Å². The van der Waals surface area contributed by atoms with Crippen molar-refractivity contribution < 1.29 is 9.53 Å². The SMILES string of the molecule is COc1ccccc1NC(N)=NCCc1ccc(NC(C)=O)cc1. The fraction of sp³-hybridized carbons (Fsp3) is 0.222. The largest absolute Gasteiger partial charge is 0.495 e. The van der Waals surface area contributed by atoms with Crippen LogP contribution in [0.15, 0.2) is 53.5 Å². The minimum absolute atomic E-state index is 0.0810. The second-order valence-electron chi connectivity index (χ2n) is 5.22. The van der Waals surface area contributed by atoms with Crippen LogP contribution in [0.2, 0.25) is 0 Å². The van der Waals surface area contributed by atoms with Gasteiger partial charge in [0.1, 0.15) is 5.75 Å². The van der Waals surface area contributed by atoms with Gasteiger partial charge < -0.3 is 21.1 Å².